The molecule has 1 aromatic heterocycles. The van der Waals surface area contributed by atoms with E-state index >= 15 is 0 Å². The first kappa shape index (κ1) is 22.4. The van der Waals surface area contributed by atoms with Gasteiger partial charge in [-0.25, -0.2) is 0 Å². The molecule has 0 radical (unpaired) electrons. The fraction of sp³-hybridized carbons (Fsp3) is 0.259. The molecule has 1 fully saturated rings. The molecule has 1 amide bonds. The molecule has 1 saturated heterocycles. The molecule has 0 aliphatic carbocycles. The first-order valence-corrected chi connectivity index (χ1v) is 10.9. The molecule has 6 nitrogen and oxygen atoms in total. The predicted octanol–water partition coefficient (Wildman–Crippen LogP) is 5.62. The van der Waals surface area contributed by atoms with Crippen LogP contribution in [-0.4, -0.2) is 22.9 Å². The van der Waals surface area contributed by atoms with Crippen LogP contribution in [0.25, 0.3) is 5.76 Å². The minimum atomic E-state index is -0.895. The van der Waals surface area contributed by atoms with E-state index in [2.05, 4.69) is 0 Å². The van der Waals surface area contributed by atoms with Crippen LogP contribution in [0.5, 0.6) is 5.75 Å². The van der Waals surface area contributed by atoms with Crippen LogP contribution in [0.1, 0.15) is 48.1 Å². The molecule has 0 spiro atoms. The molecule has 170 valence electrons. The smallest absolute Gasteiger partial charge is 0.300 e. The Bertz CT molecular complexity index is 1270. The number of benzene rings is 2. The summed E-state index contributed by atoms with van der Waals surface area (Å²) in [5.74, 6) is -0.133. The molecule has 33 heavy (non-hydrogen) atoms. The number of aliphatic hydroxyl groups excluding tert-OH is 1. The largest absolute Gasteiger partial charge is 0.507 e. The van der Waals surface area contributed by atoms with Gasteiger partial charge in [0.1, 0.15) is 29.1 Å². The maximum atomic E-state index is 13.3. The Labute approximate surface area is 193 Å². The Morgan fingerprint density at radius 1 is 1.03 bits per heavy atom. The topological polar surface area (TPSA) is 80.0 Å². The Morgan fingerprint density at radius 3 is 2.42 bits per heavy atom. The van der Waals surface area contributed by atoms with E-state index in [1.807, 2.05) is 39.8 Å². The molecule has 1 atom stereocenters. The second kappa shape index (κ2) is 8.62. The molecule has 0 bridgehead atoms. The van der Waals surface area contributed by atoms with Gasteiger partial charge in [-0.15, -0.1) is 0 Å². The minimum Gasteiger partial charge on any atom is -0.507 e. The number of nitrogens with zero attached hydrogens (tertiary/aromatic N) is 1. The van der Waals surface area contributed by atoms with Crippen molar-refractivity contribution in [1.29, 1.82) is 0 Å². The fourth-order valence-corrected chi connectivity index (χ4v) is 4.09. The molecule has 4 rings (SSSR count). The zero-order valence-corrected chi connectivity index (χ0v) is 19.4. The van der Waals surface area contributed by atoms with Gasteiger partial charge in [0.15, 0.2) is 0 Å². The molecule has 3 aromatic rings. The maximum Gasteiger partial charge on any atom is 0.300 e. The van der Waals surface area contributed by atoms with Crippen LogP contribution in [0.15, 0.2) is 64.6 Å². The number of furan rings is 1. The SMILES string of the molecule is Cc1ccc(C2/C(=C(/O)c3cccc(OC(C)C)c3)C(=O)C(=O)N2c2cccc(C)c2C)o1. The maximum absolute atomic E-state index is 13.3. The van der Waals surface area contributed by atoms with Crippen molar-refractivity contribution < 1.29 is 23.8 Å². The monoisotopic (exact) mass is 445 g/mol. The molecule has 0 saturated carbocycles. The quantitative estimate of drug-likeness (QED) is 0.313. The third-order valence-electron chi connectivity index (χ3n) is 5.79. The Kier molecular flexibility index (Phi) is 5.85. The second-order valence-electron chi connectivity index (χ2n) is 8.53. The van der Waals surface area contributed by atoms with E-state index in [0.717, 1.165) is 11.1 Å². The third kappa shape index (κ3) is 4.04. The van der Waals surface area contributed by atoms with Crippen molar-refractivity contribution in [2.45, 2.75) is 46.8 Å². The van der Waals surface area contributed by atoms with Crippen LogP contribution in [-0.2, 0) is 9.59 Å². The number of ether oxygens (including phenoxy) is 1. The highest BCUT2D eigenvalue weighted by atomic mass is 16.5. The summed E-state index contributed by atoms with van der Waals surface area (Å²) in [5, 5.41) is 11.3. The number of amides is 1. The van der Waals surface area contributed by atoms with Gasteiger partial charge in [0, 0.05) is 11.3 Å². The lowest BCUT2D eigenvalue weighted by atomic mass is 9.98. The zero-order valence-electron chi connectivity index (χ0n) is 19.4. The van der Waals surface area contributed by atoms with E-state index < -0.39 is 17.7 Å². The number of carbonyl (C=O) groups excluding carboxylic acids is 2. The van der Waals surface area contributed by atoms with Crippen LogP contribution >= 0.6 is 0 Å². The summed E-state index contributed by atoms with van der Waals surface area (Å²) in [4.78, 5) is 28.0. The van der Waals surface area contributed by atoms with E-state index in [4.69, 9.17) is 9.15 Å². The van der Waals surface area contributed by atoms with Crippen molar-refractivity contribution >= 4 is 23.1 Å². The van der Waals surface area contributed by atoms with Crippen molar-refractivity contribution in [2.24, 2.45) is 0 Å². The average molecular weight is 446 g/mol. The van der Waals surface area contributed by atoms with E-state index in [1.165, 1.54) is 4.90 Å². The molecule has 6 heteroatoms. The van der Waals surface area contributed by atoms with Gasteiger partial charge in [-0.1, -0.05) is 24.3 Å². The number of aryl methyl sites for hydroxylation is 2. The number of hydrogen-bond donors (Lipinski definition) is 1. The van der Waals surface area contributed by atoms with E-state index in [9.17, 15) is 14.7 Å². The first-order chi connectivity index (χ1) is 15.7. The highest BCUT2D eigenvalue weighted by Gasteiger charge is 2.48. The highest BCUT2D eigenvalue weighted by molar-refractivity contribution is 6.51. The summed E-state index contributed by atoms with van der Waals surface area (Å²) >= 11 is 0. The van der Waals surface area contributed by atoms with Crippen LogP contribution in [0.3, 0.4) is 0 Å². The lowest BCUT2D eigenvalue weighted by molar-refractivity contribution is -0.132. The molecular formula is C27H27NO5. The first-order valence-electron chi connectivity index (χ1n) is 10.9. The zero-order chi connectivity index (χ0) is 23.9. The van der Waals surface area contributed by atoms with Gasteiger partial charge in [0.05, 0.1) is 11.7 Å². The molecule has 2 heterocycles. The number of aliphatic hydroxyl groups is 1. The van der Waals surface area contributed by atoms with Gasteiger partial charge < -0.3 is 14.3 Å². The molecule has 1 aliphatic heterocycles. The van der Waals surface area contributed by atoms with Crippen LogP contribution < -0.4 is 9.64 Å². The van der Waals surface area contributed by atoms with Crippen molar-refractivity contribution in [1.82, 2.24) is 0 Å². The molecule has 2 aromatic carbocycles. The molecule has 1 N–H and O–H groups in total. The van der Waals surface area contributed by atoms with Gasteiger partial charge in [-0.05, 0) is 76.1 Å². The second-order valence-corrected chi connectivity index (χ2v) is 8.53. The lowest BCUT2D eigenvalue weighted by Crippen LogP contribution is -2.30. The molecular weight excluding hydrogens is 418 g/mol. The number of anilines is 1. The predicted molar refractivity (Wildman–Crippen MR) is 126 cm³/mol. The Hall–Kier alpha value is -3.80. The van der Waals surface area contributed by atoms with Gasteiger partial charge in [-0.3, -0.25) is 14.5 Å². The van der Waals surface area contributed by atoms with Crippen LogP contribution in [0.4, 0.5) is 5.69 Å². The number of hydrogen-bond acceptors (Lipinski definition) is 5. The van der Waals surface area contributed by atoms with Crippen molar-refractivity contribution in [2.75, 3.05) is 4.90 Å². The van der Waals surface area contributed by atoms with Crippen LogP contribution in [0.2, 0.25) is 0 Å². The Morgan fingerprint density at radius 2 is 1.76 bits per heavy atom. The fourth-order valence-electron chi connectivity index (χ4n) is 4.09. The van der Waals surface area contributed by atoms with E-state index in [1.54, 1.807) is 49.4 Å². The highest BCUT2D eigenvalue weighted by Crippen LogP contribution is 2.44. The summed E-state index contributed by atoms with van der Waals surface area (Å²) in [6.45, 7) is 9.45. The third-order valence-corrected chi connectivity index (χ3v) is 5.79. The average Bonchev–Trinajstić information content (AvgIpc) is 3.30. The summed E-state index contributed by atoms with van der Waals surface area (Å²) in [7, 11) is 0. The van der Waals surface area contributed by atoms with Gasteiger partial charge in [0.2, 0.25) is 0 Å². The lowest BCUT2D eigenvalue weighted by Gasteiger charge is -2.25. The summed E-state index contributed by atoms with van der Waals surface area (Å²) in [6, 6.07) is 15.0. The number of rotatable bonds is 5. The van der Waals surface area contributed by atoms with Crippen LogP contribution in [0, 0.1) is 20.8 Å². The molecule has 1 unspecified atom stereocenters. The number of carbonyl (C=O) groups is 2. The van der Waals surface area contributed by atoms with Gasteiger partial charge in [0.25, 0.3) is 11.7 Å². The van der Waals surface area contributed by atoms with E-state index in [0.29, 0.717) is 28.5 Å². The van der Waals surface area contributed by atoms with Crippen molar-refractivity contribution in [3.05, 3.63) is 88.4 Å². The summed E-state index contributed by atoms with van der Waals surface area (Å²) in [6.07, 6.45) is -0.0524. The van der Waals surface area contributed by atoms with Gasteiger partial charge in [-0.2, -0.15) is 0 Å². The standard InChI is InChI=1S/C27H27NO5/c1-15(2)32-20-10-7-9-19(14-20)25(29)23-24(22-13-12-17(4)33-22)28(27(31)26(23)30)21-11-6-8-16(3)18(21)5/h6-15,24,29H,1-5H3/b25-23-. The van der Waals surface area contributed by atoms with Crippen molar-refractivity contribution in [3.63, 3.8) is 0 Å². The van der Waals surface area contributed by atoms with Crippen molar-refractivity contribution in [3.8, 4) is 5.75 Å². The number of Topliss-reactive ketones (excluding diaryl/α,β-unsaturated/α-hetero) is 1. The number of ketones is 1. The minimum absolute atomic E-state index is 0.0167. The normalized spacial score (nSPS) is 17.8. The van der Waals surface area contributed by atoms with E-state index in [-0.39, 0.29) is 17.4 Å². The summed E-state index contributed by atoms with van der Waals surface area (Å²) in [5.41, 5.74) is 2.84. The molecule has 1 aliphatic rings. The van der Waals surface area contributed by atoms with Gasteiger partial charge >= 0.3 is 0 Å². The summed E-state index contributed by atoms with van der Waals surface area (Å²) < 4.78 is 11.6. The Balaban J connectivity index is 1.92.